The topological polar surface area (TPSA) is 40.6 Å². The maximum absolute atomic E-state index is 5.75. The molecule has 5 heteroatoms. The minimum absolute atomic E-state index is 0.493. The van der Waals surface area contributed by atoms with Gasteiger partial charge in [-0.1, -0.05) is 28.1 Å². The molecule has 100 valence electrons. The molecule has 19 heavy (non-hydrogen) atoms. The zero-order valence-electron chi connectivity index (χ0n) is 10.7. The van der Waals surface area contributed by atoms with Gasteiger partial charge in [-0.25, -0.2) is 4.98 Å². The van der Waals surface area contributed by atoms with E-state index in [1.54, 1.807) is 20.4 Å². The summed E-state index contributed by atoms with van der Waals surface area (Å²) in [5.41, 5.74) is 1.08. The zero-order valence-corrected chi connectivity index (χ0v) is 12.3. The van der Waals surface area contributed by atoms with Gasteiger partial charge in [0.2, 0.25) is 11.6 Å². The second-order valence-corrected chi connectivity index (χ2v) is 4.29. The molecule has 0 aliphatic heterocycles. The highest BCUT2D eigenvalue weighted by Crippen LogP contribution is 2.39. The van der Waals surface area contributed by atoms with Gasteiger partial charge in [0.1, 0.15) is 0 Å². The first-order valence-electron chi connectivity index (χ1n) is 5.68. The van der Waals surface area contributed by atoms with Gasteiger partial charge in [-0.3, -0.25) is 0 Å². The summed E-state index contributed by atoms with van der Waals surface area (Å²) >= 11 is 3.37. The lowest BCUT2D eigenvalue weighted by Crippen LogP contribution is -1.95. The molecular formula is C14H14BrNO3. The summed E-state index contributed by atoms with van der Waals surface area (Å²) in [5.74, 6) is 2.22. The highest BCUT2D eigenvalue weighted by molar-refractivity contribution is 9.08. The number of alkyl halides is 1. The van der Waals surface area contributed by atoms with Crippen LogP contribution in [0, 0.1) is 0 Å². The summed E-state index contributed by atoms with van der Waals surface area (Å²) in [6.07, 6.45) is 1.76. The Morgan fingerprint density at radius 2 is 1.74 bits per heavy atom. The average Bonchev–Trinajstić information content (AvgIpc) is 2.48. The van der Waals surface area contributed by atoms with E-state index < -0.39 is 0 Å². The maximum atomic E-state index is 5.75. The Labute approximate surface area is 120 Å². The molecule has 0 aliphatic rings. The van der Waals surface area contributed by atoms with Crippen LogP contribution in [0.2, 0.25) is 0 Å². The normalized spacial score (nSPS) is 10.1. The lowest BCUT2D eigenvalue weighted by atomic mass is 10.3. The van der Waals surface area contributed by atoms with Gasteiger partial charge in [-0.15, -0.1) is 0 Å². The number of para-hydroxylation sites is 1. The van der Waals surface area contributed by atoms with E-state index in [9.17, 15) is 0 Å². The van der Waals surface area contributed by atoms with E-state index in [1.807, 2.05) is 30.3 Å². The molecule has 0 spiro atoms. The van der Waals surface area contributed by atoms with E-state index in [0.717, 1.165) is 10.9 Å². The molecule has 0 N–H and O–H groups in total. The van der Waals surface area contributed by atoms with Crippen molar-refractivity contribution in [3.05, 3.63) is 42.1 Å². The molecule has 0 saturated carbocycles. The fraction of sp³-hybridized carbons (Fsp3) is 0.214. The Morgan fingerprint density at radius 3 is 2.21 bits per heavy atom. The van der Waals surface area contributed by atoms with Gasteiger partial charge in [0, 0.05) is 17.6 Å². The van der Waals surface area contributed by atoms with Gasteiger partial charge < -0.3 is 14.2 Å². The van der Waals surface area contributed by atoms with Crippen LogP contribution in [0.3, 0.4) is 0 Å². The zero-order chi connectivity index (χ0) is 13.7. The minimum atomic E-state index is 0.493. The molecule has 0 amide bonds. The van der Waals surface area contributed by atoms with Crippen LogP contribution in [0.1, 0.15) is 5.56 Å². The summed E-state index contributed by atoms with van der Waals surface area (Å²) < 4.78 is 16.3. The Morgan fingerprint density at radius 1 is 1.05 bits per heavy atom. The van der Waals surface area contributed by atoms with Crippen molar-refractivity contribution in [2.45, 2.75) is 5.33 Å². The van der Waals surface area contributed by atoms with E-state index >= 15 is 0 Å². The monoisotopic (exact) mass is 323 g/mol. The van der Waals surface area contributed by atoms with Crippen molar-refractivity contribution in [1.82, 2.24) is 4.98 Å². The molecule has 0 unspecified atom stereocenters. The van der Waals surface area contributed by atoms with Crippen LogP contribution in [0.5, 0.6) is 23.1 Å². The lowest BCUT2D eigenvalue weighted by Gasteiger charge is -2.13. The Bertz CT molecular complexity index is 521. The molecule has 0 atom stereocenters. The van der Waals surface area contributed by atoms with Crippen molar-refractivity contribution >= 4 is 15.9 Å². The second kappa shape index (κ2) is 6.43. The molecule has 0 bridgehead atoms. The molecule has 2 aromatic rings. The summed E-state index contributed by atoms with van der Waals surface area (Å²) in [6.45, 7) is 0. The standard InChI is InChI=1S/C14H14BrNO3/c1-17-11-4-3-5-12(18-2)14(11)19-13-7-6-10(8-15)9-16-13/h3-7,9H,8H2,1-2H3. The van der Waals surface area contributed by atoms with E-state index in [1.165, 1.54) is 0 Å². The number of nitrogens with zero attached hydrogens (tertiary/aromatic N) is 1. The van der Waals surface area contributed by atoms with E-state index in [0.29, 0.717) is 23.1 Å². The van der Waals surface area contributed by atoms with Crippen LogP contribution in [-0.4, -0.2) is 19.2 Å². The average molecular weight is 324 g/mol. The van der Waals surface area contributed by atoms with Crippen molar-refractivity contribution in [3.8, 4) is 23.1 Å². The summed E-state index contributed by atoms with van der Waals surface area (Å²) in [7, 11) is 3.17. The van der Waals surface area contributed by atoms with Crippen LogP contribution in [0.4, 0.5) is 0 Å². The summed E-state index contributed by atoms with van der Waals surface area (Å²) in [6, 6.07) is 9.21. The van der Waals surface area contributed by atoms with Gasteiger partial charge in [-0.05, 0) is 17.7 Å². The van der Waals surface area contributed by atoms with Gasteiger partial charge >= 0.3 is 0 Å². The Kier molecular flexibility index (Phi) is 4.63. The minimum Gasteiger partial charge on any atom is -0.493 e. The molecule has 1 aromatic carbocycles. The predicted octanol–water partition coefficient (Wildman–Crippen LogP) is 3.79. The third-order valence-electron chi connectivity index (χ3n) is 2.54. The number of aromatic nitrogens is 1. The molecule has 0 saturated heterocycles. The summed E-state index contributed by atoms with van der Waals surface area (Å²) in [5, 5.41) is 0.762. The smallest absolute Gasteiger partial charge is 0.219 e. The highest BCUT2D eigenvalue weighted by atomic mass is 79.9. The maximum Gasteiger partial charge on any atom is 0.219 e. The number of hydrogen-bond donors (Lipinski definition) is 0. The van der Waals surface area contributed by atoms with Crippen molar-refractivity contribution in [2.24, 2.45) is 0 Å². The fourth-order valence-corrected chi connectivity index (χ4v) is 1.90. The predicted molar refractivity (Wildman–Crippen MR) is 76.5 cm³/mol. The van der Waals surface area contributed by atoms with Crippen molar-refractivity contribution < 1.29 is 14.2 Å². The molecule has 1 heterocycles. The van der Waals surface area contributed by atoms with Gasteiger partial charge in [0.25, 0.3) is 0 Å². The van der Waals surface area contributed by atoms with Gasteiger partial charge in [-0.2, -0.15) is 0 Å². The number of rotatable bonds is 5. The Balaban J connectivity index is 2.30. The molecule has 0 fully saturated rings. The number of ether oxygens (including phenoxy) is 3. The third-order valence-corrected chi connectivity index (χ3v) is 3.19. The van der Waals surface area contributed by atoms with E-state index in [2.05, 4.69) is 20.9 Å². The van der Waals surface area contributed by atoms with E-state index in [4.69, 9.17) is 14.2 Å². The SMILES string of the molecule is COc1cccc(OC)c1Oc1ccc(CBr)cn1. The number of hydrogen-bond acceptors (Lipinski definition) is 4. The Hall–Kier alpha value is -1.75. The van der Waals surface area contributed by atoms with Crippen molar-refractivity contribution in [1.29, 1.82) is 0 Å². The molecule has 0 aliphatic carbocycles. The molecule has 1 aromatic heterocycles. The highest BCUT2D eigenvalue weighted by Gasteiger charge is 2.12. The molecule has 2 rings (SSSR count). The quantitative estimate of drug-likeness (QED) is 0.785. The third kappa shape index (κ3) is 3.17. The van der Waals surface area contributed by atoms with Crippen LogP contribution >= 0.6 is 15.9 Å². The van der Waals surface area contributed by atoms with Crippen LogP contribution in [0.25, 0.3) is 0 Å². The van der Waals surface area contributed by atoms with Crippen molar-refractivity contribution in [2.75, 3.05) is 14.2 Å². The van der Waals surface area contributed by atoms with Gasteiger partial charge in [0.15, 0.2) is 11.5 Å². The van der Waals surface area contributed by atoms with Crippen LogP contribution in [-0.2, 0) is 5.33 Å². The lowest BCUT2D eigenvalue weighted by molar-refractivity contribution is 0.342. The molecule has 4 nitrogen and oxygen atoms in total. The summed E-state index contributed by atoms with van der Waals surface area (Å²) in [4.78, 5) is 4.23. The second-order valence-electron chi connectivity index (χ2n) is 3.73. The number of methoxy groups -OCH3 is 2. The number of halogens is 1. The fourth-order valence-electron chi connectivity index (χ4n) is 1.57. The van der Waals surface area contributed by atoms with Crippen LogP contribution < -0.4 is 14.2 Å². The number of pyridine rings is 1. The first-order valence-corrected chi connectivity index (χ1v) is 6.80. The first kappa shape index (κ1) is 13.7. The van der Waals surface area contributed by atoms with Crippen LogP contribution in [0.15, 0.2) is 36.5 Å². The molecular weight excluding hydrogens is 310 g/mol. The largest absolute Gasteiger partial charge is 0.493 e. The first-order chi connectivity index (χ1) is 9.28. The van der Waals surface area contributed by atoms with E-state index in [-0.39, 0.29) is 0 Å². The number of benzene rings is 1. The molecule has 0 radical (unpaired) electrons. The van der Waals surface area contributed by atoms with Crippen molar-refractivity contribution in [3.63, 3.8) is 0 Å². The van der Waals surface area contributed by atoms with Gasteiger partial charge in [0.05, 0.1) is 14.2 Å².